The normalized spacial score (nSPS) is 38.0. The van der Waals surface area contributed by atoms with E-state index in [0.29, 0.717) is 12.3 Å². The van der Waals surface area contributed by atoms with Gasteiger partial charge in [0.2, 0.25) is 0 Å². The van der Waals surface area contributed by atoms with Gasteiger partial charge in [-0.05, 0) is 44.6 Å². The molecular formula is C15H22O2. The maximum absolute atomic E-state index is 11.8. The average molecular weight is 234 g/mol. The standard InChI is InChI=1S/C15H22O2/c1-9(2)11-7-12-10(3)13(16)5-6-15(12,4)14(17)8-11/h11,14,17H,1,5-8H2,2-4H3/t11-,14+,15+/m0/s1. The van der Waals surface area contributed by atoms with Crippen molar-refractivity contribution >= 4 is 5.78 Å². The number of rotatable bonds is 1. The molecule has 0 heterocycles. The molecule has 2 nitrogen and oxygen atoms in total. The molecule has 0 aromatic rings. The monoisotopic (exact) mass is 234 g/mol. The lowest BCUT2D eigenvalue weighted by molar-refractivity contribution is -0.118. The summed E-state index contributed by atoms with van der Waals surface area (Å²) in [7, 11) is 0. The summed E-state index contributed by atoms with van der Waals surface area (Å²) < 4.78 is 0. The average Bonchev–Trinajstić information content (AvgIpc) is 2.26. The van der Waals surface area contributed by atoms with Crippen molar-refractivity contribution in [2.75, 3.05) is 0 Å². The minimum atomic E-state index is -0.337. The number of fused-ring (bicyclic) bond motifs is 1. The lowest BCUT2D eigenvalue weighted by Crippen LogP contribution is -2.44. The number of hydrogen-bond donors (Lipinski definition) is 1. The molecular weight excluding hydrogens is 212 g/mol. The predicted molar refractivity (Wildman–Crippen MR) is 68.6 cm³/mol. The molecule has 17 heavy (non-hydrogen) atoms. The minimum Gasteiger partial charge on any atom is -0.392 e. The summed E-state index contributed by atoms with van der Waals surface area (Å²) in [6.07, 6.45) is 2.73. The third kappa shape index (κ3) is 1.89. The quantitative estimate of drug-likeness (QED) is 0.708. The number of Topliss-reactive ketones (excluding diaryl/α,β-unsaturated/α-hetero) is 1. The van der Waals surface area contributed by atoms with Crippen molar-refractivity contribution in [1.29, 1.82) is 0 Å². The molecule has 3 atom stereocenters. The van der Waals surface area contributed by atoms with Crippen LogP contribution in [0.15, 0.2) is 23.3 Å². The Balaban J connectivity index is 2.43. The van der Waals surface area contributed by atoms with Gasteiger partial charge < -0.3 is 5.11 Å². The second-order valence-electron chi connectivity index (χ2n) is 5.94. The van der Waals surface area contributed by atoms with E-state index in [1.165, 1.54) is 5.57 Å². The Bertz CT molecular complexity index is 405. The summed E-state index contributed by atoms with van der Waals surface area (Å²) in [6, 6.07) is 0. The van der Waals surface area contributed by atoms with Crippen LogP contribution in [0.5, 0.6) is 0 Å². The Morgan fingerprint density at radius 3 is 2.76 bits per heavy atom. The molecule has 2 rings (SSSR count). The highest BCUT2D eigenvalue weighted by molar-refractivity contribution is 5.96. The van der Waals surface area contributed by atoms with Crippen LogP contribution in [0.1, 0.15) is 46.5 Å². The van der Waals surface area contributed by atoms with Crippen molar-refractivity contribution in [2.24, 2.45) is 11.3 Å². The first kappa shape index (κ1) is 12.6. The van der Waals surface area contributed by atoms with E-state index in [-0.39, 0.29) is 17.3 Å². The Hall–Kier alpha value is -0.890. The number of carbonyl (C=O) groups excluding carboxylic acids is 1. The molecule has 0 unspecified atom stereocenters. The molecule has 2 aliphatic carbocycles. The molecule has 0 bridgehead atoms. The van der Waals surface area contributed by atoms with Crippen LogP contribution >= 0.6 is 0 Å². The van der Waals surface area contributed by atoms with Crippen molar-refractivity contribution in [3.05, 3.63) is 23.3 Å². The summed E-state index contributed by atoms with van der Waals surface area (Å²) in [6.45, 7) is 10.0. The number of aliphatic hydroxyl groups excluding tert-OH is 1. The fraction of sp³-hybridized carbons (Fsp3) is 0.667. The number of allylic oxidation sites excluding steroid dienone is 2. The first-order valence-electron chi connectivity index (χ1n) is 6.43. The van der Waals surface area contributed by atoms with E-state index in [9.17, 15) is 9.90 Å². The van der Waals surface area contributed by atoms with Gasteiger partial charge >= 0.3 is 0 Å². The Labute approximate surface area is 103 Å². The van der Waals surface area contributed by atoms with Gasteiger partial charge in [-0.1, -0.05) is 24.6 Å². The smallest absolute Gasteiger partial charge is 0.158 e. The molecule has 1 fully saturated rings. The summed E-state index contributed by atoms with van der Waals surface area (Å²) in [5, 5.41) is 10.4. The molecule has 0 aromatic carbocycles. The van der Waals surface area contributed by atoms with Gasteiger partial charge in [0.1, 0.15) is 0 Å². The lowest BCUT2D eigenvalue weighted by atomic mass is 9.59. The third-order valence-corrected chi connectivity index (χ3v) is 4.82. The maximum Gasteiger partial charge on any atom is 0.158 e. The first-order valence-corrected chi connectivity index (χ1v) is 6.43. The molecule has 1 N–H and O–H groups in total. The molecule has 1 saturated carbocycles. The van der Waals surface area contributed by atoms with Crippen molar-refractivity contribution < 1.29 is 9.90 Å². The first-order chi connectivity index (χ1) is 7.86. The second kappa shape index (κ2) is 4.09. The number of aliphatic hydroxyl groups is 1. The van der Waals surface area contributed by atoms with E-state index in [1.807, 2.05) is 13.8 Å². The number of ketones is 1. The SMILES string of the molecule is C=C(C)[C@H]1CC2=C(C)C(=O)CC[C@@]2(C)[C@H](O)C1. The van der Waals surface area contributed by atoms with Crippen molar-refractivity contribution in [2.45, 2.75) is 52.6 Å². The molecule has 0 saturated heterocycles. The van der Waals surface area contributed by atoms with Crippen LogP contribution in [0.2, 0.25) is 0 Å². The minimum absolute atomic E-state index is 0.177. The summed E-state index contributed by atoms with van der Waals surface area (Å²) in [5.74, 6) is 0.584. The molecule has 94 valence electrons. The van der Waals surface area contributed by atoms with Gasteiger partial charge in [0.25, 0.3) is 0 Å². The van der Waals surface area contributed by atoms with E-state index in [0.717, 1.165) is 30.4 Å². The number of hydrogen-bond acceptors (Lipinski definition) is 2. The van der Waals surface area contributed by atoms with Crippen LogP contribution < -0.4 is 0 Å². The van der Waals surface area contributed by atoms with Gasteiger partial charge in [-0.3, -0.25) is 4.79 Å². The van der Waals surface area contributed by atoms with E-state index >= 15 is 0 Å². The van der Waals surface area contributed by atoms with Crippen molar-refractivity contribution in [1.82, 2.24) is 0 Å². The highest BCUT2D eigenvalue weighted by Gasteiger charge is 2.46. The van der Waals surface area contributed by atoms with Crippen LogP contribution in [0.3, 0.4) is 0 Å². The molecule has 2 heteroatoms. The van der Waals surface area contributed by atoms with Crippen molar-refractivity contribution in [3.8, 4) is 0 Å². The highest BCUT2D eigenvalue weighted by atomic mass is 16.3. The predicted octanol–water partition coefficient (Wildman–Crippen LogP) is 3.02. The van der Waals surface area contributed by atoms with Gasteiger partial charge in [-0.2, -0.15) is 0 Å². The van der Waals surface area contributed by atoms with Crippen LogP contribution in [0, 0.1) is 11.3 Å². The Morgan fingerprint density at radius 1 is 1.53 bits per heavy atom. The van der Waals surface area contributed by atoms with Crippen LogP contribution in [-0.2, 0) is 4.79 Å². The zero-order chi connectivity index (χ0) is 12.8. The summed E-state index contributed by atoms with van der Waals surface area (Å²) in [5.41, 5.74) is 3.01. The van der Waals surface area contributed by atoms with Crippen LogP contribution in [0.25, 0.3) is 0 Å². The van der Waals surface area contributed by atoms with E-state index in [2.05, 4.69) is 13.5 Å². The summed E-state index contributed by atoms with van der Waals surface area (Å²) in [4.78, 5) is 11.8. The van der Waals surface area contributed by atoms with E-state index < -0.39 is 0 Å². The van der Waals surface area contributed by atoms with Gasteiger partial charge in [-0.15, -0.1) is 0 Å². The number of carbonyl (C=O) groups is 1. The van der Waals surface area contributed by atoms with Crippen LogP contribution in [0.4, 0.5) is 0 Å². The van der Waals surface area contributed by atoms with E-state index in [1.54, 1.807) is 0 Å². The topological polar surface area (TPSA) is 37.3 Å². The van der Waals surface area contributed by atoms with Crippen molar-refractivity contribution in [3.63, 3.8) is 0 Å². The van der Waals surface area contributed by atoms with E-state index in [4.69, 9.17) is 0 Å². The molecule has 2 aliphatic rings. The third-order valence-electron chi connectivity index (χ3n) is 4.82. The maximum atomic E-state index is 11.8. The zero-order valence-corrected chi connectivity index (χ0v) is 11.0. The molecule has 0 aromatic heterocycles. The van der Waals surface area contributed by atoms with Crippen LogP contribution in [-0.4, -0.2) is 17.0 Å². The molecule has 0 aliphatic heterocycles. The fourth-order valence-corrected chi connectivity index (χ4v) is 3.30. The van der Waals surface area contributed by atoms with Gasteiger partial charge in [0.05, 0.1) is 6.10 Å². The Morgan fingerprint density at radius 2 is 2.18 bits per heavy atom. The largest absolute Gasteiger partial charge is 0.392 e. The Kier molecular flexibility index (Phi) is 3.03. The van der Waals surface area contributed by atoms with Gasteiger partial charge in [-0.25, -0.2) is 0 Å². The van der Waals surface area contributed by atoms with Gasteiger partial charge in [0, 0.05) is 11.8 Å². The van der Waals surface area contributed by atoms with Gasteiger partial charge in [0.15, 0.2) is 5.78 Å². The fourth-order valence-electron chi connectivity index (χ4n) is 3.30. The lowest BCUT2D eigenvalue weighted by Gasteiger charge is -2.47. The molecule has 0 radical (unpaired) electrons. The highest BCUT2D eigenvalue weighted by Crippen LogP contribution is 2.51. The molecule has 0 spiro atoms. The second-order valence-corrected chi connectivity index (χ2v) is 5.94. The molecule has 0 amide bonds. The zero-order valence-electron chi connectivity index (χ0n) is 11.0. The summed E-state index contributed by atoms with van der Waals surface area (Å²) >= 11 is 0.